The van der Waals surface area contributed by atoms with Crippen LogP contribution < -0.4 is 0 Å². The first kappa shape index (κ1) is 19.3. The van der Waals surface area contributed by atoms with E-state index >= 15 is 0 Å². The van der Waals surface area contributed by atoms with Crippen LogP contribution in [-0.2, 0) is 9.53 Å². The number of nitrogens with zero attached hydrogens (tertiary/aromatic N) is 1. The van der Waals surface area contributed by atoms with Crippen LogP contribution in [0.25, 0.3) is 11.1 Å². The van der Waals surface area contributed by atoms with Crippen molar-refractivity contribution >= 4 is 12.1 Å². The van der Waals surface area contributed by atoms with Crippen molar-refractivity contribution in [3.8, 4) is 11.1 Å². The number of carbonyl (C=O) groups excluding carboxylic acids is 1. The molecule has 2 aliphatic rings. The van der Waals surface area contributed by atoms with Crippen molar-refractivity contribution in [2.45, 2.75) is 24.6 Å². The van der Waals surface area contributed by atoms with E-state index in [0.29, 0.717) is 4.90 Å². The van der Waals surface area contributed by atoms with E-state index in [-0.39, 0.29) is 19.1 Å². The Labute approximate surface area is 164 Å². The molecule has 1 N–H and O–H groups in total. The molecule has 2 atom stereocenters. The molecule has 29 heavy (non-hydrogen) atoms. The normalized spacial score (nSPS) is 21.0. The molecule has 0 radical (unpaired) electrons. The maximum Gasteiger partial charge on any atom is 0.410 e. The average Bonchev–Trinajstić information content (AvgIpc) is 3.27. The number of carboxylic acids is 1. The molecule has 1 saturated heterocycles. The maximum atomic E-state index is 13.1. The van der Waals surface area contributed by atoms with E-state index in [0.717, 1.165) is 22.3 Å². The van der Waals surface area contributed by atoms with Gasteiger partial charge in [-0.15, -0.1) is 0 Å². The van der Waals surface area contributed by atoms with Crippen molar-refractivity contribution < 1.29 is 32.6 Å². The summed E-state index contributed by atoms with van der Waals surface area (Å²) in [7, 11) is 0. The molecular formula is C21H18F3NO4. The minimum absolute atomic E-state index is 0.0770. The van der Waals surface area contributed by atoms with Gasteiger partial charge in [-0.2, -0.15) is 13.2 Å². The molecule has 152 valence electrons. The lowest BCUT2D eigenvalue weighted by Crippen LogP contribution is -2.47. The molecule has 8 heteroatoms. The van der Waals surface area contributed by atoms with Gasteiger partial charge in [0, 0.05) is 12.5 Å². The van der Waals surface area contributed by atoms with E-state index in [2.05, 4.69) is 0 Å². The van der Waals surface area contributed by atoms with Crippen molar-refractivity contribution in [2.75, 3.05) is 13.2 Å². The number of carboxylic acid groups (broad SMARTS) is 1. The Kier molecular flexibility index (Phi) is 4.72. The molecule has 2 aromatic rings. The van der Waals surface area contributed by atoms with Gasteiger partial charge >= 0.3 is 18.2 Å². The predicted octanol–water partition coefficient (Wildman–Crippen LogP) is 4.27. The summed E-state index contributed by atoms with van der Waals surface area (Å²) in [5, 5.41) is 9.26. The van der Waals surface area contributed by atoms with Crippen LogP contribution in [0, 0.1) is 5.92 Å². The third kappa shape index (κ3) is 3.32. The van der Waals surface area contributed by atoms with E-state index in [1.165, 1.54) is 0 Å². The van der Waals surface area contributed by atoms with E-state index < -0.39 is 36.6 Å². The minimum Gasteiger partial charge on any atom is -0.480 e. The number of aliphatic carboxylic acids is 1. The predicted molar refractivity (Wildman–Crippen MR) is 97.4 cm³/mol. The number of benzene rings is 2. The van der Waals surface area contributed by atoms with Crippen LogP contribution in [0.1, 0.15) is 23.5 Å². The summed E-state index contributed by atoms with van der Waals surface area (Å²) in [6.07, 6.45) is -6.18. The monoisotopic (exact) mass is 405 g/mol. The highest BCUT2D eigenvalue weighted by Crippen LogP contribution is 2.45. The van der Waals surface area contributed by atoms with Crippen LogP contribution in [0.4, 0.5) is 18.0 Å². The van der Waals surface area contributed by atoms with E-state index in [9.17, 15) is 27.9 Å². The molecule has 4 rings (SSSR count). The molecule has 0 aromatic heterocycles. The quantitative estimate of drug-likeness (QED) is 0.828. The first-order valence-corrected chi connectivity index (χ1v) is 9.20. The van der Waals surface area contributed by atoms with Crippen molar-refractivity contribution in [3.63, 3.8) is 0 Å². The largest absolute Gasteiger partial charge is 0.480 e. The van der Waals surface area contributed by atoms with Crippen molar-refractivity contribution in [2.24, 2.45) is 5.92 Å². The van der Waals surface area contributed by atoms with Crippen LogP contribution in [-0.4, -0.2) is 47.4 Å². The second-order valence-corrected chi connectivity index (χ2v) is 7.22. The Morgan fingerprint density at radius 2 is 1.59 bits per heavy atom. The van der Waals surface area contributed by atoms with Gasteiger partial charge in [0.05, 0.1) is 5.92 Å². The number of amides is 1. The van der Waals surface area contributed by atoms with Gasteiger partial charge < -0.3 is 9.84 Å². The van der Waals surface area contributed by atoms with Gasteiger partial charge in [-0.1, -0.05) is 48.5 Å². The topological polar surface area (TPSA) is 66.8 Å². The van der Waals surface area contributed by atoms with Crippen molar-refractivity contribution in [3.05, 3.63) is 59.7 Å². The highest BCUT2D eigenvalue weighted by molar-refractivity contribution is 5.82. The third-order valence-electron chi connectivity index (χ3n) is 5.64. The Hall–Kier alpha value is -3.03. The Bertz CT molecular complexity index is 913. The summed E-state index contributed by atoms with van der Waals surface area (Å²) in [5.74, 6) is -4.03. The lowest BCUT2D eigenvalue weighted by Gasteiger charge is -2.26. The lowest BCUT2D eigenvalue weighted by atomic mass is 9.98. The van der Waals surface area contributed by atoms with Crippen LogP contribution in [0.5, 0.6) is 0 Å². The van der Waals surface area contributed by atoms with Crippen LogP contribution in [0.2, 0.25) is 0 Å². The number of hydrogen-bond donors (Lipinski definition) is 1. The molecule has 5 nitrogen and oxygen atoms in total. The lowest BCUT2D eigenvalue weighted by molar-refractivity contribution is -0.187. The number of halogens is 3. The van der Waals surface area contributed by atoms with E-state index in [1.807, 2.05) is 48.5 Å². The van der Waals surface area contributed by atoms with Gasteiger partial charge in [0.15, 0.2) is 0 Å². The maximum absolute atomic E-state index is 13.1. The molecule has 0 saturated carbocycles. The summed E-state index contributed by atoms with van der Waals surface area (Å²) >= 11 is 0. The van der Waals surface area contributed by atoms with Gasteiger partial charge in [-0.05, 0) is 28.7 Å². The minimum atomic E-state index is -4.69. The summed E-state index contributed by atoms with van der Waals surface area (Å²) in [5.41, 5.74) is 3.97. The van der Waals surface area contributed by atoms with Gasteiger partial charge in [0.1, 0.15) is 12.6 Å². The average molecular weight is 405 g/mol. The number of likely N-dealkylation sites (tertiary alicyclic amines) is 1. The second-order valence-electron chi connectivity index (χ2n) is 7.22. The van der Waals surface area contributed by atoms with Crippen LogP contribution >= 0.6 is 0 Å². The fraction of sp³-hybridized carbons (Fsp3) is 0.333. The highest BCUT2D eigenvalue weighted by Gasteiger charge is 2.55. The Balaban J connectivity index is 1.53. The highest BCUT2D eigenvalue weighted by atomic mass is 19.4. The fourth-order valence-electron chi connectivity index (χ4n) is 4.32. The van der Waals surface area contributed by atoms with Gasteiger partial charge in [-0.25, -0.2) is 9.59 Å². The molecule has 1 fully saturated rings. The molecule has 0 spiro atoms. The van der Waals surface area contributed by atoms with Gasteiger partial charge in [0.2, 0.25) is 0 Å². The number of rotatable bonds is 3. The fourth-order valence-corrected chi connectivity index (χ4v) is 4.32. The standard InChI is InChI=1S/C21H18F3NO4/c22-21(23,24)17-9-10-25(18(17)19(26)27)20(28)29-11-16-14-7-3-1-5-12(14)13-6-2-4-8-15(13)16/h1-8,16-18H,9-11H2,(H,26,27). The smallest absolute Gasteiger partial charge is 0.410 e. The summed E-state index contributed by atoms with van der Waals surface area (Å²) in [4.78, 5) is 24.6. The third-order valence-corrected chi connectivity index (χ3v) is 5.64. The van der Waals surface area contributed by atoms with Crippen molar-refractivity contribution in [1.29, 1.82) is 0 Å². The number of carbonyl (C=O) groups is 2. The molecule has 1 heterocycles. The zero-order chi connectivity index (χ0) is 20.8. The van der Waals surface area contributed by atoms with Crippen LogP contribution in [0.15, 0.2) is 48.5 Å². The molecule has 0 bridgehead atoms. The molecule has 2 aromatic carbocycles. The van der Waals surface area contributed by atoms with E-state index in [4.69, 9.17) is 4.74 Å². The Morgan fingerprint density at radius 1 is 1.03 bits per heavy atom. The number of alkyl halides is 3. The molecule has 1 aliphatic heterocycles. The molecular weight excluding hydrogens is 387 g/mol. The summed E-state index contributed by atoms with van der Waals surface area (Å²) in [6.45, 7) is -0.385. The van der Waals surface area contributed by atoms with Crippen molar-refractivity contribution in [1.82, 2.24) is 4.90 Å². The Morgan fingerprint density at radius 3 is 2.10 bits per heavy atom. The summed E-state index contributed by atoms with van der Waals surface area (Å²) < 4.78 is 44.7. The molecule has 1 amide bonds. The summed E-state index contributed by atoms with van der Waals surface area (Å²) in [6, 6.07) is 13.3. The van der Waals surface area contributed by atoms with Crippen LogP contribution in [0.3, 0.4) is 0 Å². The first-order chi connectivity index (χ1) is 13.8. The van der Waals surface area contributed by atoms with Gasteiger partial charge in [-0.3, -0.25) is 4.90 Å². The van der Waals surface area contributed by atoms with Gasteiger partial charge in [0.25, 0.3) is 0 Å². The number of fused-ring (bicyclic) bond motifs is 3. The zero-order valence-corrected chi connectivity index (χ0v) is 15.2. The molecule has 1 aliphatic carbocycles. The second kappa shape index (κ2) is 7.09. The SMILES string of the molecule is O=C(O)C1C(C(F)(F)F)CCN1C(=O)OCC1c2ccccc2-c2ccccc21. The first-order valence-electron chi connectivity index (χ1n) is 9.20. The van der Waals surface area contributed by atoms with E-state index in [1.54, 1.807) is 0 Å². The number of ether oxygens (including phenoxy) is 1. The zero-order valence-electron chi connectivity index (χ0n) is 15.2. The number of hydrogen-bond acceptors (Lipinski definition) is 3. The molecule has 2 unspecified atom stereocenters.